The quantitative estimate of drug-likeness (QED) is 0.117. The van der Waals surface area contributed by atoms with Gasteiger partial charge >= 0.3 is 5.97 Å². The number of methoxy groups -OCH3 is 1. The smallest absolute Gasteiger partial charge is 0.329 e. The van der Waals surface area contributed by atoms with Gasteiger partial charge in [-0.15, -0.1) is 11.1 Å². The van der Waals surface area contributed by atoms with E-state index in [1.807, 2.05) is 30.3 Å². The van der Waals surface area contributed by atoms with Crippen molar-refractivity contribution in [2.45, 2.75) is 113 Å². The SMILES string of the molecule is CC1=C(C)N(C(C)C)[C]N1C(C)C.COC(=O)/C(=C(\c1ccccc1)[Si](Cl)=Nc1c(C(C)C)cccc1C(C)C)[Si](C)(C)C. The normalized spacial score (nSPS) is 14.9. The summed E-state index contributed by atoms with van der Waals surface area (Å²) in [5.41, 5.74) is 6.95. The number of benzene rings is 2. The lowest BCUT2D eigenvalue weighted by Crippen LogP contribution is -2.33. The molecule has 0 fully saturated rings. The molecule has 0 aromatic heterocycles. The predicted molar refractivity (Wildman–Crippen MR) is 193 cm³/mol. The van der Waals surface area contributed by atoms with Crippen molar-refractivity contribution in [3.05, 3.63) is 88.5 Å². The lowest BCUT2D eigenvalue weighted by Gasteiger charge is -2.26. The molecule has 2 aromatic carbocycles. The Kier molecular flexibility index (Phi) is 13.9. The number of carbonyl (C=O) groups excluding carboxylic acids is 1. The number of esters is 1. The molecule has 0 amide bonds. The molecule has 0 N–H and O–H groups in total. The molecule has 3 rings (SSSR count). The second-order valence-electron chi connectivity index (χ2n) is 13.6. The highest BCUT2D eigenvalue weighted by molar-refractivity contribution is 7.12. The molecule has 5 nitrogen and oxygen atoms in total. The van der Waals surface area contributed by atoms with Crippen molar-refractivity contribution >= 4 is 43.9 Å². The van der Waals surface area contributed by atoms with Crippen LogP contribution in [0.1, 0.15) is 97.8 Å². The molecular formula is C36H54ClN3O2Si2. The van der Waals surface area contributed by atoms with E-state index in [-0.39, 0.29) is 5.97 Å². The van der Waals surface area contributed by atoms with Crippen molar-refractivity contribution in [2.75, 3.05) is 7.11 Å². The van der Waals surface area contributed by atoms with Crippen molar-refractivity contribution in [3.63, 3.8) is 0 Å². The average Bonchev–Trinajstić information content (AvgIpc) is 3.25. The second-order valence-corrected chi connectivity index (χ2v) is 20.9. The predicted octanol–water partition coefficient (Wildman–Crippen LogP) is 10.3. The second kappa shape index (κ2) is 16.2. The topological polar surface area (TPSA) is 45.1 Å². The first-order valence-electron chi connectivity index (χ1n) is 15.7. The van der Waals surface area contributed by atoms with Gasteiger partial charge in [0.25, 0.3) is 7.90 Å². The number of carbonyl (C=O) groups is 1. The molecule has 0 saturated carbocycles. The number of ether oxygens (including phenoxy) is 1. The van der Waals surface area contributed by atoms with Crippen LogP contribution in [0, 0.1) is 6.67 Å². The zero-order valence-electron chi connectivity index (χ0n) is 29.5. The third-order valence-corrected chi connectivity index (χ3v) is 12.1. The number of allylic oxidation sites excluding steroid dienone is 2. The van der Waals surface area contributed by atoms with Crippen molar-refractivity contribution in [1.82, 2.24) is 9.80 Å². The van der Waals surface area contributed by atoms with Crippen LogP contribution < -0.4 is 0 Å². The van der Waals surface area contributed by atoms with Gasteiger partial charge in [0.2, 0.25) is 6.67 Å². The van der Waals surface area contributed by atoms with Crippen LogP contribution >= 0.6 is 11.1 Å². The fourth-order valence-corrected chi connectivity index (χ4v) is 10.7. The van der Waals surface area contributed by atoms with Gasteiger partial charge in [0.1, 0.15) is 0 Å². The van der Waals surface area contributed by atoms with Gasteiger partial charge in [-0.2, -0.15) is 0 Å². The van der Waals surface area contributed by atoms with E-state index in [1.165, 1.54) is 29.6 Å². The summed E-state index contributed by atoms with van der Waals surface area (Å²) < 4.78 is 10.4. The van der Waals surface area contributed by atoms with Crippen molar-refractivity contribution in [2.24, 2.45) is 4.63 Å². The molecule has 2 aromatic rings. The van der Waals surface area contributed by atoms with E-state index in [9.17, 15) is 4.79 Å². The van der Waals surface area contributed by atoms with Crippen molar-refractivity contribution in [1.29, 1.82) is 0 Å². The summed E-state index contributed by atoms with van der Waals surface area (Å²) in [6.45, 7) is 31.6. The van der Waals surface area contributed by atoms with E-state index in [0.29, 0.717) is 23.9 Å². The lowest BCUT2D eigenvalue weighted by molar-refractivity contribution is -0.135. The Morgan fingerprint density at radius 3 is 1.61 bits per heavy atom. The Hall–Kier alpha value is -2.49. The van der Waals surface area contributed by atoms with Crippen LogP contribution in [0.3, 0.4) is 0 Å². The molecule has 0 bridgehead atoms. The fourth-order valence-electron chi connectivity index (χ4n) is 5.27. The van der Waals surface area contributed by atoms with Gasteiger partial charge in [0.15, 0.2) is 0 Å². The van der Waals surface area contributed by atoms with Crippen molar-refractivity contribution in [3.8, 4) is 0 Å². The molecule has 0 saturated heterocycles. The van der Waals surface area contributed by atoms with Gasteiger partial charge in [-0.05, 0) is 70.1 Å². The number of hydrogen-bond donors (Lipinski definition) is 0. The monoisotopic (exact) mass is 651 g/mol. The first kappa shape index (κ1) is 37.7. The highest BCUT2D eigenvalue weighted by Crippen LogP contribution is 2.37. The van der Waals surface area contributed by atoms with Crippen molar-refractivity contribution < 1.29 is 9.53 Å². The Balaban J connectivity index is 0.000000432. The molecule has 0 atom stereocenters. The van der Waals surface area contributed by atoms with Crippen LogP contribution in [0.2, 0.25) is 19.6 Å². The summed E-state index contributed by atoms with van der Waals surface area (Å²) in [5.74, 6) is 0.355. The number of rotatable bonds is 9. The molecule has 44 heavy (non-hydrogen) atoms. The Labute approximate surface area is 275 Å². The minimum atomic E-state index is -2.08. The first-order valence-corrected chi connectivity index (χ1v) is 21.7. The number of hydrogen-bond acceptors (Lipinski definition) is 5. The van der Waals surface area contributed by atoms with Gasteiger partial charge in [-0.1, -0.05) is 95.9 Å². The Bertz CT molecular complexity index is 1330. The molecule has 1 heterocycles. The molecule has 1 aliphatic heterocycles. The molecule has 8 heteroatoms. The molecule has 2 radical (unpaired) electrons. The number of halogens is 1. The molecule has 0 unspecified atom stereocenters. The molecular weight excluding hydrogens is 598 g/mol. The zero-order chi connectivity index (χ0) is 33.5. The van der Waals surface area contributed by atoms with E-state index in [1.54, 1.807) is 0 Å². The largest absolute Gasteiger partial charge is 0.466 e. The summed E-state index contributed by atoms with van der Waals surface area (Å²) in [7, 11) is -2.61. The third kappa shape index (κ3) is 9.27. The summed E-state index contributed by atoms with van der Waals surface area (Å²) >= 11 is 7.16. The van der Waals surface area contributed by atoms with Crippen LogP contribution in [0.4, 0.5) is 5.69 Å². The minimum Gasteiger partial charge on any atom is -0.466 e. The summed E-state index contributed by atoms with van der Waals surface area (Å²) in [5, 5.41) is 1.58. The zero-order valence-corrected chi connectivity index (χ0v) is 32.2. The Morgan fingerprint density at radius 2 is 1.27 bits per heavy atom. The van der Waals surface area contributed by atoms with E-state index in [0.717, 1.165) is 21.6 Å². The average molecular weight is 652 g/mol. The molecule has 0 aliphatic carbocycles. The van der Waals surface area contributed by atoms with E-state index >= 15 is 0 Å². The standard InChI is InChI=1S/C25H34ClNO2Si2.C11H20N2/c1-17(2)20-15-12-16-21(18(3)4)22(20)27-30(26)23(19-13-10-9-11-14-19)24(25(28)29-5)31(6,7)8;1-8(2)12-7-13(9(3)4)11(6)10(12)5/h9-18H,1-8H3;8-9H,1-6H3/b24-23-,30-27?;. The third-order valence-electron chi connectivity index (χ3n) is 7.71. The van der Waals surface area contributed by atoms with Gasteiger partial charge in [0.05, 0.1) is 20.9 Å². The van der Waals surface area contributed by atoms with Gasteiger partial charge in [-0.25, -0.2) is 4.79 Å². The molecule has 0 spiro atoms. The molecule has 1 aliphatic rings. The highest BCUT2D eigenvalue weighted by Gasteiger charge is 2.33. The molecule has 240 valence electrons. The first-order chi connectivity index (χ1) is 20.4. The maximum Gasteiger partial charge on any atom is 0.329 e. The van der Waals surface area contributed by atoms with Gasteiger partial charge in [-0.3, -0.25) is 4.63 Å². The van der Waals surface area contributed by atoms with E-state index < -0.39 is 16.0 Å². The van der Waals surface area contributed by atoms with Crippen LogP contribution in [0.25, 0.3) is 5.20 Å². The summed E-state index contributed by atoms with van der Waals surface area (Å²) in [6, 6.07) is 17.3. The maximum atomic E-state index is 13.0. The summed E-state index contributed by atoms with van der Waals surface area (Å²) in [6.07, 6.45) is 0. The Morgan fingerprint density at radius 1 is 0.818 bits per heavy atom. The van der Waals surface area contributed by atoms with Gasteiger partial charge < -0.3 is 14.5 Å². The van der Waals surface area contributed by atoms with Crippen LogP contribution in [-0.2, 0) is 9.53 Å². The van der Waals surface area contributed by atoms with E-state index in [4.69, 9.17) is 20.4 Å². The lowest BCUT2D eigenvalue weighted by atomic mass is 9.93. The number of nitrogens with zero attached hydrogens (tertiary/aromatic N) is 3. The highest BCUT2D eigenvalue weighted by atomic mass is 35.6. The minimum absolute atomic E-state index is 0.294. The van der Waals surface area contributed by atoms with Gasteiger partial charge in [0, 0.05) is 33.9 Å². The van der Waals surface area contributed by atoms with Crippen LogP contribution in [0.15, 0.2) is 69.8 Å². The maximum absolute atomic E-state index is 13.0. The van der Waals surface area contributed by atoms with Crippen LogP contribution in [-0.4, -0.2) is 50.9 Å². The van der Waals surface area contributed by atoms with E-state index in [2.05, 4.69) is 124 Å². The fraction of sp³-hybridized carbons (Fsp3) is 0.500. The van der Waals surface area contributed by atoms with Crippen LogP contribution in [0.5, 0.6) is 0 Å². The summed E-state index contributed by atoms with van der Waals surface area (Å²) in [4.78, 5) is 17.4.